The van der Waals surface area contributed by atoms with Gasteiger partial charge in [-0.15, -0.1) is 0 Å². The van der Waals surface area contributed by atoms with E-state index in [4.69, 9.17) is 80.4 Å². The number of para-hydroxylation sites is 1. The summed E-state index contributed by atoms with van der Waals surface area (Å²) < 4.78 is 36.1. The molecule has 0 fully saturated rings. The van der Waals surface area contributed by atoms with Crippen LogP contribution in [0.2, 0.25) is 10.0 Å². The molecule has 10 aromatic rings. The van der Waals surface area contributed by atoms with Crippen molar-refractivity contribution in [3.8, 4) is 0 Å². The van der Waals surface area contributed by atoms with E-state index in [2.05, 4.69) is 52.8 Å². The fourth-order valence-electron chi connectivity index (χ4n) is 15.7. The number of fused-ring (bicyclic) bond motifs is 1. The van der Waals surface area contributed by atoms with Crippen LogP contribution in [0.3, 0.4) is 0 Å². The van der Waals surface area contributed by atoms with Crippen LogP contribution in [0.4, 0.5) is 0 Å². The van der Waals surface area contributed by atoms with Crippen molar-refractivity contribution < 1.29 is 95.5 Å². The van der Waals surface area contributed by atoms with Gasteiger partial charge < -0.3 is 104 Å². The number of aromatic nitrogens is 1. The molecule has 0 saturated carbocycles. The van der Waals surface area contributed by atoms with E-state index in [0.717, 1.165) is 0 Å². The van der Waals surface area contributed by atoms with Gasteiger partial charge >= 0.3 is 17.9 Å². The maximum Gasteiger partial charge on any atom is 0.344 e. The highest BCUT2D eigenvalue weighted by molar-refractivity contribution is 6.31. The number of ether oxygens (including phenoxy) is 6. The van der Waals surface area contributed by atoms with Gasteiger partial charge in [-0.1, -0.05) is 280 Å². The first kappa shape index (κ1) is 112. The molecule has 0 radical (unpaired) electrons. The molecule has 0 bridgehead atoms. The van der Waals surface area contributed by atoms with Crippen molar-refractivity contribution >= 4 is 117 Å². The summed E-state index contributed by atoms with van der Waals surface area (Å²) in [5, 5.41) is 25.4. The van der Waals surface area contributed by atoms with Gasteiger partial charge in [0.25, 0.3) is 5.91 Å². The molecule has 0 unspecified atom stereocenters. The Morgan fingerprint density at radius 2 is 0.786 bits per heavy atom. The zero-order valence-electron chi connectivity index (χ0n) is 80.8. The van der Waals surface area contributed by atoms with Crippen LogP contribution in [0.15, 0.2) is 261 Å². The van der Waals surface area contributed by atoms with Crippen LogP contribution < -0.4 is 82.1 Å². The van der Waals surface area contributed by atoms with Gasteiger partial charge in [0.05, 0.1) is 57.7 Å². The third kappa shape index (κ3) is 34.6. The molecule has 768 valence electrons. The molecule has 145 heavy (non-hydrogen) atoms. The first-order chi connectivity index (χ1) is 69.9. The van der Waals surface area contributed by atoms with Gasteiger partial charge in [-0.2, -0.15) is 0 Å². The van der Waals surface area contributed by atoms with Crippen molar-refractivity contribution in [2.45, 2.75) is 215 Å². The van der Waals surface area contributed by atoms with Gasteiger partial charge in [0.15, 0.2) is 0 Å². The molecule has 0 aliphatic heterocycles. The van der Waals surface area contributed by atoms with E-state index in [1.165, 1.54) is 13.8 Å². The fourth-order valence-corrected chi connectivity index (χ4v) is 16.1. The number of halogens is 2. The summed E-state index contributed by atoms with van der Waals surface area (Å²) in [4.78, 5) is 215. The standard InChI is InChI=1S/C107H126Cl2N16O20/c1-4-5-55-141-105(139)107(102(136)125-114,67-140-62-73-39-18-9-19-40-73)124-101(135)92(69(3)143-64-75-43-22-11-23-44-75)123-99(133)87(58-72-37-16-8-17-38-72)121-100(134)91(68(2)142-63-74-41-20-10-21-42-74)122-94(128)84(52-32-53-106(113,103(137)144-65-76-45-24-27-48-80(76)108)104(138)145-66-77-46-25-28-49-81(77)109)116-97(131)88(59-78-61-115-83-51-29-26-47-79(78)83)120-96(130)86(57-71-35-14-7-15-36-71)118-95(129)85(56-70-33-12-6-13-34-70)119-98(132)89(60-90(112)126)117-93(127)82(111)50-30-31-54-110/h6-29,33-49,51,61,68-69,82,84-89,91-92,115H,4-5,30-32,50,52-60,62-67,110-111,113-114H2,1-3H3,(H2,112,126)(H,116,131)(H,117,127)(H,118,129)(H,119,132)(H,120,130)(H,121,134)(H,122,128)(H,123,133)(H,124,135)(H,125,136)/t68-,69-,82+,84+,85+,86+,87+,88+,89+,91+,92+,107+/m1/s1. The van der Waals surface area contributed by atoms with Crippen LogP contribution in [0.25, 0.3) is 10.9 Å². The summed E-state index contributed by atoms with van der Waals surface area (Å²) >= 11 is 13.1. The molecule has 1 aromatic heterocycles. The minimum absolute atomic E-state index is 0.165. The molecule has 36 nitrogen and oxygen atoms in total. The lowest BCUT2D eigenvalue weighted by Crippen LogP contribution is -2.71. The maximum atomic E-state index is 16.4. The zero-order valence-corrected chi connectivity index (χ0v) is 82.3. The number of esters is 3. The highest BCUT2D eigenvalue weighted by Gasteiger charge is 2.52. The zero-order chi connectivity index (χ0) is 104. The quantitative estimate of drug-likeness (QED) is 0.00349. The lowest BCUT2D eigenvalue weighted by atomic mass is 9.92. The summed E-state index contributed by atoms with van der Waals surface area (Å²) in [6.45, 7) is 2.37. The van der Waals surface area contributed by atoms with Crippen molar-refractivity contribution in [3.63, 3.8) is 0 Å². The predicted octanol–water partition coefficient (Wildman–Crippen LogP) is 6.93. The molecule has 0 saturated heterocycles. The third-order valence-electron chi connectivity index (χ3n) is 24.1. The Balaban J connectivity index is 1.05. The Kier molecular flexibility index (Phi) is 44.7. The van der Waals surface area contributed by atoms with E-state index < -0.39 is 212 Å². The second kappa shape index (κ2) is 57.6. The normalized spacial score (nSPS) is 14.0. The molecule has 11 amide bonds. The molecule has 0 spiro atoms. The van der Waals surface area contributed by atoms with E-state index in [1.54, 1.807) is 261 Å². The monoisotopic (exact) mass is 2020 g/mol. The van der Waals surface area contributed by atoms with Crippen LogP contribution in [0.5, 0.6) is 0 Å². The van der Waals surface area contributed by atoms with Crippen molar-refractivity contribution in [3.05, 3.63) is 321 Å². The van der Waals surface area contributed by atoms with Gasteiger partial charge in [0.2, 0.25) is 70.1 Å². The summed E-state index contributed by atoms with van der Waals surface area (Å²) in [5.41, 5.74) is 25.9. The number of carbonyl (C=O) groups is 14. The van der Waals surface area contributed by atoms with Gasteiger partial charge in [-0.3, -0.25) is 58.2 Å². The lowest BCUT2D eigenvalue weighted by Gasteiger charge is -2.34. The molecule has 0 aliphatic rings. The molecule has 21 N–H and O–H groups in total. The summed E-state index contributed by atoms with van der Waals surface area (Å²) in [5.74, 6) is -9.89. The van der Waals surface area contributed by atoms with Gasteiger partial charge in [-0.25, -0.2) is 20.2 Å². The number of benzene rings is 9. The molecule has 10 rings (SSSR count). The van der Waals surface area contributed by atoms with Gasteiger partial charge in [0, 0.05) is 64.0 Å². The second-order valence-corrected chi connectivity index (χ2v) is 35.9. The summed E-state index contributed by atoms with van der Waals surface area (Å²) in [6.07, 6.45) is -3.00. The molecule has 1 heterocycles. The minimum atomic E-state index is -2.76. The number of nitrogens with one attached hydrogen (secondary N) is 11. The Labute approximate surface area is 850 Å². The number of unbranched alkanes of at least 4 members (excludes halogenated alkanes) is 2. The number of aromatic amines is 1. The van der Waals surface area contributed by atoms with Crippen LogP contribution >= 0.6 is 23.2 Å². The third-order valence-corrected chi connectivity index (χ3v) is 24.8. The van der Waals surface area contributed by atoms with E-state index >= 15 is 33.6 Å². The molecule has 0 aliphatic carbocycles. The highest BCUT2D eigenvalue weighted by atomic mass is 35.5. The average molecular weight is 2030 g/mol. The molecule has 9 aromatic carbocycles. The Morgan fingerprint density at radius 1 is 0.393 bits per heavy atom. The topological polar surface area (TPSA) is 561 Å². The number of primary amides is 1. The number of nitrogens with two attached hydrogens (primary N) is 5. The predicted molar refractivity (Wildman–Crippen MR) is 542 cm³/mol. The number of amides is 11. The van der Waals surface area contributed by atoms with Gasteiger partial charge in [-0.05, 0) is 116 Å². The second-order valence-electron chi connectivity index (χ2n) is 35.1. The van der Waals surface area contributed by atoms with Crippen molar-refractivity contribution in [1.29, 1.82) is 0 Å². The number of hydrazine groups is 1. The Hall–Kier alpha value is -14.6. The van der Waals surface area contributed by atoms with E-state index in [-0.39, 0.29) is 62.2 Å². The molecular formula is C107H126Cl2N16O20. The average Bonchev–Trinajstić information content (AvgIpc) is 1.44. The number of rotatable bonds is 59. The van der Waals surface area contributed by atoms with Crippen molar-refractivity contribution in [1.82, 2.24) is 58.3 Å². The number of H-pyrrole nitrogens is 1. The molecule has 38 heteroatoms. The van der Waals surface area contributed by atoms with E-state index in [1.807, 2.05) is 12.3 Å². The Bertz CT molecular complexity index is 5890. The van der Waals surface area contributed by atoms with Crippen LogP contribution in [-0.2, 0) is 154 Å². The fraction of sp³-hybridized carbons (Fsp3) is 0.346. The summed E-state index contributed by atoms with van der Waals surface area (Å²) in [7, 11) is 0. The largest absolute Gasteiger partial charge is 0.463 e. The maximum absolute atomic E-state index is 16.4. The number of hydrogen-bond acceptors (Lipinski definition) is 24. The van der Waals surface area contributed by atoms with Crippen LogP contribution in [0.1, 0.15) is 129 Å². The lowest BCUT2D eigenvalue weighted by molar-refractivity contribution is -0.167. The molecule has 12 atom stereocenters. The van der Waals surface area contributed by atoms with Crippen molar-refractivity contribution in [2.24, 2.45) is 28.8 Å². The highest BCUT2D eigenvalue weighted by Crippen LogP contribution is 2.27. The van der Waals surface area contributed by atoms with Gasteiger partial charge in [0.1, 0.15) is 61.5 Å². The molecular weight excluding hydrogens is 1900 g/mol. The number of carbonyl (C=O) groups excluding carboxylic acids is 14. The minimum Gasteiger partial charge on any atom is -0.463 e. The Morgan fingerprint density at radius 3 is 1.24 bits per heavy atom. The smallest absolute Gasteiger partial charge is 0.344 e. The van der Waals surface area contributed by atoms with Crippen LogP contribution in [-0.4, -0.2) is 185 Å². The number of hydrogen-bond donors (Lipinski definition) is 16. The summed E-state index contributed by atoms with van der Waals surface area (Å²) in [6, 6.07) is 55.7. The van der Waals surface area contributed by atoms with Crippen molar-refractivity contribution in [2.75, 3.05) is 19.8 Å². The van der Waals surface area contributed by atoms with Crippen LogP contribution in [0, 0.1) is 0 Å². The van der Waals surface area contributed by atoms with E-state index in [0.29, 0.717) is 93.2 Å². The first-order valence-corrected chi connectivity index (χ1v) is 48.5. The first-order valence-electron chi connectivity index (χ1n) is 47.8. The SMILES string of the molecule is CCCCOC(=O)[C@@](COCc1ccccc1)(NC(=O)[C@@H](NC(=O)[C@H](Cc1ccccc1)NC(=O)[C@@H](NC(=O)[C@H](CCCC(N)(C(=O)OCc1ccccc1Cl)C(=O)OCc1ccccc1Cl)NC(=O)[C@H](Cc1c[nH]c2ccccc12)NC(=O)[C@H](Cc1ccccc1)NC(=O)[C@H](Cc1ccccc1)NC(=O)[C@H](CC(N)=O)NC(=O)[C@@H](N)CCCCN)[C@@H](C)OCc1ccccc1)[C@@H](C)OCc1ccccc1)C(=O)NN. The van der Waals surface area contributed by atoms with E-state index in [9.17, 15) is 33.6 Å².